The number of likely N-dealkylation sites (tertiary alicyclic amines) is 1. The molecule has 1 fully saturated rings. The summed E-state index contributed by atoms with van der Waals surface area (Å²) in [6.07, 6.45) is 4.23. The average molecular weight is 400 g/mol. The van der Waals surface area contributed by atoms with Crippen LogP contribution in [0, 0.1) is 5.82 Å². The number of halogens is 1. The highest BCUT2D eigenvalue weighted by atomic mass is 19.1. The van der Waals surface area contributed by atoms with Gasteiger partial charge in [0.2, 0.25) is 5.88 Å². The van der Waals surface area contributed by atoms with E-state index in [1.54, 1.807) is 24.4 Å². The molecule has 3 rings (SSSR count). The molecule has 6 nitrogen and oxygen atoms in total. The number of ether oxygens (including phenoxy) is 1. The fourth-order valence-corrected chi connectivity index (χ4v) is 3.49. The molecule has 2 heterocycles. The van der Waals surface area contributed by atoms with E-state index in [1.165, 1.54) is 31.5 Å². The van der Waals surface area contributed by atoms with Crippen LogP contribution in [0.4, 0.5) is 4.39 Å². The Morgan fingerprint density at radius 2 is 2.17 bits per heavy atom. The first-order valence-electron chi connectivity index (χ1n) is 10.3. The largest absolute Gasteiger partial charge is 0.439 e. The lowest BCUT2D eigenvalue weighted by atomic mass is 10.2. The summed E-state index contributed by atoms with van der Waals surface area (Å²) >= 11 is 0. The molecule has 1 aromatic carbocycles. The first-order chi connectivity index (χ1) is 14.2. The van der Waals surface area contributed by atoms with Crippen LogP contribution in [0.15, 0.2) is 47.6 Å². The van der Waals surface area contributed by atoms with E-state index in [0.29, 0.717) is 24.2 Å². The number of rotatable bonds is 8. The van der Waals surface area contributed by atoms with E-state index in [0.717, 1.165) is 31.2 Å². The minimum Gasteiger partial charge on any atom is -0.439 e. The number of nitrogens with zero attached hydrogens (tertiary/aromatic N) is 3. The zero-order valence-corrected chi connectivity index (χ0v) is 17.2. The highest BCUT2D eigenvalue weighted by Gasteiger charge is 2.22. The topological polar surface area (TPSA) is 61.8 Å². The standard InChI is InChI=1S/C22H30FN5O/c1-3-24-22(27-16-19-8-6-12-28(19)4-2)26-15-17-10-11-21(25-14-17)29-20-9-5-7-18(23)13-20/h5,7,9-11,13-14,19H,3-4,6,8,12,15-16H2,1-2H3,(H2,24,26,27). The quantitative estimate of drug-likeness (QED) is 0.525. The third-order valence-electron chi connectivity index (χ3n) is 4.99. The molecular formula is C22H30FN5O. The van der Waals surface area contributed by atoms with Gasteiger partial charge in [0.05, 0.1) is 6.54 Å². The Kier molecular flexibility index (Phi) is 7.81. The summed E-state index contributed by atoms with van der Waals surface area (Å²) in [7, 11) is 0. The van der Waals surface area contributed by atoms with E-state index >= 15 is 0 Å². The van der Waals surface area contributed by atoms with Crippen LogP contribution in [0.25, 0.3) is 0 Å². The maximum Gasteiger partial charge on any atom is 0.219 e. The van der Waals surface area contributed by atoms with Crippen molar-refractivity contribution in [2.75, 3.05) is 26.2 Å². The molecule has 29 heavy (non-hydrogen) atoms. The highest BCUT2D eigenvalue weighted by molar-refractivity contribution is 5.79. The van der Waals surface area contributed by atoms with Crippen LogP contribution >= 0.6 is 0 Å². The summed E-state index contributed by atoms with van der Waals surface area (Å²) in [5.74, 6) is 1.33. The summed E-state index contributed by atoms with van der Waals surface area (Å²) in [4.78, 5) is 11.5. The maximum absolute atomic E-state index is 13.2. The predicted molar refractivity (Wildman–Crippen MR) is 114 cm³/mol. The minimum atomic E-state index is -0.337. The van der Waals surface area contributed by atoms with Crippen molar-refractivity contribution in [3.05, 3.63) is 54.0 Å². The molecule has 0 amide bonds. The average Bonchev–Trinajstić information content (AvgIpc) is 3.19. The molecule has 0 saturated carbocycles. The molecule has 156 valence electrons. The molecule has 1 unspecified atom stereocenters. The normalized spacial score (nSPS) is 17.3. The Morgan fingerprint density at radius 1 is 1.28 bits per heavy atom. The number of benzene rings is 1. The fraction of sp³-hybridized carbons (Fsp3) is 0.455. The molecule has 1 saturated heterocycles. The third-order valence-corrected chi connectivity index (χ3v) is 4.99. The Morgan fingerprint density at radius 3 is 2.90 bits per heavy atom. The second-order valence-electron chi connectivity index (χ2n) is 7.06. The zero-order chi connectivity index (χ0) is 20.5. The number of hydrogen-bond donors (Lipinski definition) is 2. The molecule has 0 radical (unpaired) electrons. The minimum absolute atomic E-state index is 0.337. The maximum atomic E-state index is 13.2. The molecule has 0 aliphatic carbocycles. The van der Waals surface area contributed by atoms with Crippen molar-refractivity contribution >= 4 is 5.96 Å². The van der Waals surface area contributed by atoms with Gasteiger partial charge in [0.25, 0.3) is 0 Å². The summed E-state index contributed by atoms with van der Waals surface area (Å²) in [5, 5.41) is 6.76. The van der Waals surface area contributed by atoms with Crippen molar-refractivity contribution in [3.8, 4) is 11.6 Å². The van der Waals surface area contributed by atoms with Gasteiger partial charge in [-0.3, -0.25) is 4.90 Å². The van der Waals surface area contributed by atoms with Gasteiger partial charge in [-0.15, -0.1) is 0 Å². The van der Waals surface area contributed by atoms with E-state index in [2.05, 4.69) is 39.4 Å². The van der Waals surface area contributed by atoms with Gasteiger partial charge in [-0.25, -0.2) is 14.4 Å². The number of nitrogens with one attached hydrogen (secondary N) is 2. The number of likely N-dealkylation sites (N-methyl/N-ethyl adjacent to an activating group) is 1. The van der Waals surface area contributed by atoms with Crippen LogP contribution in [-0.2, 0) is 6.54 Å². The van der Waals surface area contributed by atoms with Crippen LogP contribution < -0.4 is 15.4 Å². The van der Waals surface area contributed by atoms with Gasteiger partial charge >= 0.3 is 0 Å². The van der Waals surface area contributed by atoms with E-state index in [-0.39, 0.29) is 5.82 Å². The summed E-state index contributed by atoms with van der Waals surface area (Å²) in [6.45, 7) is 8.79. The van der Waals surface area contributed by atoms with Gasteiger partial charge in [0, 0.05) is 37.5 Å². The Bertz CT molecular complexity index is 796. The molecule has 1 aliphatic rings. The summed E-state index contributed by atoms with van der Waals surface area (Å²) in [6, 6.07) is 10.3. The SMILES string of the molecule is CCNC(=NCc1ccc(Oc2cccc(F)c2)nc1)NCC1CCCN1CC. The van der Waals surface area contributed by atoms with Gasteiger partial charge in [0.15, 0.2) is 5.96 Å². The number of aliphatic imine (C=N–C) groups is 1. The lowest BCUT2D eigenvalue weighted by Gasteiger charge is -2.24. The molecule has 1 aromatic heterocycles. The molecule has 1 aliphatic heterocycles. The van der Waals surface area contributed by atoms with Crippen molar-refractivity contribution in [1.29, 1.82) is 0 Å². The summed E-state index contributed by atoms with van der Waals surface area (Å²) in [5.41, 5.74) is 0.977. The highest BCUT2D eigenvalue weighted by Crippen LogP contribution is 2.20. The molecular weight excluding hydrogens is 369 g/mol. The Labute approximate surface area is 172 Å². The van der Waals surface area contributed by atoms with Crippen LogP contribution in [0.1, 0.15) is 32.3 Å². The number of hydrogen-bond acceptors (Lipinski definition) is 4. The smallest absolute Gasteiger partial charge is 0.219 e. The zero-order valence-electron chi connectivity index (χ0n) is 17.2. The molecule has 2 aromatic rings. The molecule has 7 heteroatoms. The Balaban J connectivity index is 1.54. The van der Waals surface area contributed by atoms with E-state index in [9.17, 15) is 4.39 Å². The third kappa shape index (κ3) is 6.42. The number of guanidine groups is 1. The van der Waals surface area contributed by atoms with Crippen LogP contribution in [0.3, 0.4) is 0 Å². The first kappa shape index (κ1) is 21.0. The number of aromatic nitrogens is 1. The number of pyridine rings is 1. The Hall–Kier alpha value is -2.67. The van der Waals surface area contributed by atoms with E-state index in [1.807, 2.05) is 6.07 Å². The van der Waals surface area contributed by atoms with Crippen molar-refractivity contribution < 1.29 is 9.13 Å². The second kappa shape index (κ2) is 10.8. The van der Waals surface area contributed by atoms with Crippen LogP contribution in [0.5, 0.6) is 11.6 Å². The lowest BCUT2D eigenvalue weighted by Crippen LogP contribution is -2.44. The molecule has 2 N–H and O–H groups in total. The molecule has 1 atom stereocenters. The summed E-state index contributed by atoms with van der Waals surface area (Å²) < 4.78 is 18.8. The second-order valence-corrected chi connectivity index (χ2v) is 7.06. The van der Waals surface area contributed by atoms with Crippen molar-refractivity contribution in [1.82, 2.24) is 20.5 Å². The molecule has 0 bridgehead atoms. The van der Waals surface area contributed by atoms with Gasteiger partial charge in [-0.1, -0.05) is 19.1 Å². The molecule has 0 spiro atoms. The van der Waals surface area contributed by atoms with Crippen LogP contribution in [-0.4, -0.2) is 48.1 Å². The van der Waals surface area contributed by atoms with Crippen molar-refractivity contribution in [3.63, 3.8) is 0 Å². The van der Waals surface area contributed by atoms with Crippen molar-refractivity contribution in [2.45, 2.75) is 39.3 Å². The fourth-order valence-electron chi connectivity index (χ4n) is 3.49. The van der Waals surface area contributed by atoms with Crippen LogP contribution in [0.2, 0.25) is 0 Å². The van der Waals surface area contributed by atoms with Gasteiger partial charge in [-0.05, 0) is 50.6 Å². The lowest BCUT2D eigenvalue weighted by molar-refractivity contribution is 0.267. The monoisotopic (exact) mass is 399 g/mol. The van der Waals surface area contributed by atoms with Gasteiger partial charge < -0.3 is 15.4 Å². The van der Waals surface area contributed by atoms with Gasteiger partial charge in [0.1, 0.15) is 11.6 Å². The first-order valence-corrected chi connectivity index (χ1v) is 10.3. The predicted octanol–water partition coefficient (Wildman–Crippen LogP) is 3.55. The van der Waals surface area contributed by atoms with Gasteiger partial charge in [-0.2, -0.15) is 0 Å². The van der Waals surface area contributed by atoms with Crippen molar-refractivity contribution in [2.24, 2.45) is 4.99 Å². The van der Waals surface area contributed by atoms with E-state index < -0.39 is 0 Å². The van der Waals surface area contributed by atoms with E-state index in [4.69, 9.17) is 4.74 Å².